The number of hydrogen-bond donors (Lipinski definition) is 0. The molecule has 0 fully saturated rings. The summed E-state index contributed by atoms with van der Waals surface area (Å²) < 4.78 is 16.9. The largest absolute Gasteiger partial charge is 0.497 e. The highest BCUT2D eigenvalue weighted by Crippen LogP contribution is 2.19. The second-order valence-corrected chi connectivity index (χ2v) is 6.66. The molecule has 3 heteroatoms. The lowest BCUT2D eigenvalue weighted by molar-refractivity contribution is 0.414. The van der Waals surface area contributed by atoms with Gasteiger partial charge in [-0.05, 0) is 38.5 Å². The van der Waals surface area contributed by atoms with Gasteiger partial charge in [0.1, 0.15) is 5.75 Å². The summed E-state index contributed by atoms with van der Waals surface area (Å²) in [5.41, 5.74) is 1.06. The summed E-state index contributed by atoms with van der Waals surface area (Å²) in [6.45, 7) is 5.97. The van der Waals surface area contributed by atoms with E-state index in [1.54, 1.807) is 7.11 Å². The van der Waals surface area contributed by atoms with Crippen LogP contribution >= 0.6 is 0 Å². The van der Waals surface area contributed by atoms with Crippen LogP contribution in [0, 0.1) is 0 Å². The first kappa shape index (κ1) is 12.2. The summed E-state index contributed by atoms with van der Waals surface area (Å²) in [6, 6.07) is 7.73. The topological polar surface area (TPSA) is 26.3 Å². The number of methoxy groups -OCH3 is 1. The fraction of sp³-hybridized carbons (Fsp3) is 0.500. The zero-order valence-electron chi connectivity index (χ0n) is 9.74. The van der Waals surface area contributed by atoms with Gasteiger partial charge in [0.05, 0.1) is 7.11 Å². The quantitative estimate of drug-likeness (QED) is 0.792. The van der Waals surface area contributed by atoms with E-state index >= 15 is 0 Å². The summed E-state index contributed by atoms with van der Waals surface area (Å²) in [7, 11) is 0.785. The Morgan fingerprint density at radius 3 is 2.53 bits per heavy atom. The molecule has 1 aromatic carbocycles. The van der Waals surface area contributed by atoms with Gasteiger partial charge >= 0.3 is 0 Å². The van der Waals surface area contributed by atoms with E-state index < -0.39 is 10.8 Å². The van der Waals surface area contributed by atoms with Gasteiger partial charge < -0.3 is 4.74 Å². The van der Waals surface area contributed by atoms with Crippen molar-refractivity contribution in [1.82, 2.24) is 0 Å². The maximum Gasteiger partial charge on any atom is 0.119 e. The molecule has 0 radical (unpaired) electrons. The average molecular weight is 226 g/mol. The molecule has 1 aromatic rings. The first-order valence-corrected chi connectivity index (χ1v) is 6.27. The SMILES string of the molecule is COc1cccc(C[S@](=O)C(C)(C)C)c1. The van der Waals surface area contributed by atoms with Crippen molar-refractivity contribution in [3.05, 3.63) is 29.8 Å². The van der Waals surface area contributed by atoms with Crippen molar-refractivity contribution < 1.29 is 8.95 Å². The van der Waals surface area contributed by atoms with Gasteiger partial charge in [0, 0.05) is 21.3 Å². The molecule has 0 aliphatic carbocycles. The smallest absolute Gasteiger partial charge is 0.119 e. The van der Waals surface area contributed by atoms with E-state index in [0.29, 0.717) is 5.75 Å². The lowest BCUT2D eigenvalue weighted by Crippen LogP contribution is -2.22. The molecule has 0 spiro atoms. The zero-order chi connectivity index (χ0) is 11.5. The van der Waals surface area contributed by atoms with E-state index in [2.05, 4.69) is 0 Å². The molecule has 0 bridgehead atoms. The van der Waals surface area contributed by atoms with E-state index in [4.69, 9.17) is 4.74 Å². The summed E-state index contributed by atoms with van der Waals surface area (Å²) in [5, 5.41) is 0. The van der Waals surface area contributed by atoms with Crippen molar-refractivity contribution in [2.24, 2.45) is 0 Å². The molecule has 1 atom stereocenters. The van der Waals surface area contributed by atoms with Gasteiger partial charge in [-0.2, -0.15) is 0 Å². The Bertz CT molecular complexity index is 353. The van der Waals surface area contributed by atoms with Crippen molar-refractivity contribution in [3.63, 3.8) is 0 Å². The molecule has 0 amide bonds. The Hall–Kier alpha value is -0.830. The van der Waals surface area contributed by atoms with Crippen LogP contribution in [0.15, 0.2) is 24.3 Å². The first-order valence-electron chi connectivity index (χ1n) is 4.95. The Labute approximate surface area is 94.1 Å². The third-order valence-corrected chi connectivity index (χ3v) is 4.08. The van der Waals surface area contributed by atoms with Crippen molar-refractivity contribution in [2.75, 3.05) is 7.11 Å². The van der Waals surface area contributed by atoms with Crippen LogP contribution in [0.25, 0.3) is 0 Å². The molecule has 2 nitrogen and oxygen atoms in total. The van der Waals surface area contributed by atoms with Gasteiger partial charge in [0.25, 0.3) is 0 Å². The van der Waals surface area contributed by atoms with Crippen LogP contribution in [0.4, 0.5) is 0 Å². The molecule has 1 rings (SSSR count). The monoisotopic (exact) mass is 226 g/mol. The molecule has 84 valence electrons. The van der Waals surface area contributed by atoms with Crippen molar-refractivity contribution in [1.29, 1.82) is 0 Å². The number of benzene rings is 1. The predicted octanol–water partition coefficient (Wildman–Crippen LogP) is 2.74. The average Bonchev–Trinajstić information content (AvgIpc) is 2.16. The van der Waals surface area contributed by atoms with Crippen molar-refractivity contribution in [2.45, 2.75) is 31.3 Å². The molecule has 0 aliphatic heterocycles. The van der Waals surface area contributed by atoms with Crippen LogP contribution in [-0.2, 0) is 16.6 Å². The predicted molar refractivity (Wildman–Crippen MR) is 64.6 cm³/mol. The summed E-state index contributed by atoms with van der Waals surface area (Å²) in [6.07, 6.45) is 0. The molecule has 0 unspecified atom stereocenters. The second-order valence-electron chi connectivity index (χ2n) is 4.45. The highest BCUT2D eigenvalue weighted by Gasteiger charge is 2.19. The van der Waals surface area contributed by atoms with Crippen molar-refractivity contribution in [3.8, 4) is 5.75 Å². The molecule has 0 saturated carbocycles. The van der Waals surface area contributed by atoms with E-state index in [1.807, 2.05) is 45.0 Å². The van der Waals surface area contributed by atoms with Crippen LogP contribution in [0.2, 0.25) is 0 Å². The minimum absolute atomic E-state index is 0.164. The van der Waals surface area contributed by atoms with Gasteiger partial charge in [0.15, 0.2) is 0 Å². The number of hydrogen-bond acceptors (Lipinski definition) is 2. The minimum Gasteiger partial charge on any atom is -0.497 e. The maximum atomic E-state index is 11.9. The summed E-state index contributed by atoms with van der Waals surface area (Å²) in [4.78, 5) is 0. The van der Waals surface area contributed by atoms with Gasteiger partial charge in [-0.3, -0.25) is 4.21 Å². The molecule has 0 saturated heterocycles. The number of rotatable bonds is 3. The highest BCUT2D eigenvalue weighted by molar-refractivity contribution is 7.85. The fourth-order valence-corrected chi connectivity index (χ4v) is 2.05. The molecule has 0 aromatic heterocycles. The fourth-order valence-electron chi connectivity index (χ4n) is 1.13. The highest BCUT2D eigenvalue weighted by atomic mass is 32.2. The minimum atomic E-state index is -0.854. The van der Waals surface area contributed by atoms with Crippen molar-refractivity contribution >= 4 is 10.8 Å². The normalized spacial score (nSPS) is 13.6. The Morgan fingerprint density at radius 2 is 2.00 bits per heavy atom. The Balaban J connectivity index is 2.77. The standard InChI is InChI=1S/C12H18O2S/c1-12(2,3)15(13)9-10-6-5-7-11(8-10)14-4/h5-8H,9H2,1-4H3/t15-/m0/s1. The summed E-state index contributed by atoms with van der Waals surface area (Å²) in [5.74, 6) is 1.40. The third-order valence-electron chi connectivity index (χ3n) is 2.11. The lowest BCUT2D eigenvalue weighted by Gasteiger charge is -2.17. The van der Waals surface area contributed by atoms with Gasteiger partial charge in [-0.1, -0.05) is 12.1 Å². The Morgan fingerprint density at radius 1 is 1.33 bits per heavy atom. The maximum absolute atomic E-state index is 11.9. The van der Waals surface area contributed by atoms with Gasteiger partial charge in [-0.15, -0.1) is 0 Å². The van der Waals surface area contributed by atoms with Gasteiger partial charge in [0.2, 0.25) is 0 Å². The lowest BCUT2D eigenvalue weighted by atomic mass is 10.2. The van der Waals surface area contributed by atoms with E-state index in [9.17, 15) is 4.21 Å². The molecule has 0 aliphatic rings. The first-order chi connectivity index (χ1) is 6.93. The molecule has 0 heterocycles. The molecular formula is C12H18O2S. The van der Waals surface area contributed by atoms with E-state index in [0.717, 1.165) is 11.3 Å². The molecule has 0 N–H and O–H groups in total. The van der Waals surface area contributed by atoms with Crippen LogP contribution in [-0.4, -0.2) is 16.1 Å². The molecule has 15 heavy (non-hydrogen) atoms. The second kappa shape index (κ2) is 4.79. The van der Waals surface area contributed by atoms with Crippen LogP contribution < -0.4 is 4.74 Å². The van der Waals surface area contributed by atoms with E-state index in [-0.39, 0.29) is 4.75 Å². The zero-order valence-corrected chi connectivity index (χ0v) is 10.6. The van der Waals surface area contributed by atoms with Gasteiger partial charge in [-0.25, -0.2) is 0 Å². The van der Waals surface area contributed by atoms with Crippen LogP contribution in [0.3, 0.4) is 0 Å². The Kier molecular flexibility index (Phi) is 3.91. The third kappa shape index (κ3) is 3.67. The molecular weight excluding hydrogens is 208 g/mol. The summed E-state index contributed by atoms with van der Waals surface area (Å²) >= 11 is 0. The number of ether oxygens (including phenoxy) is 1. The van der Waals surface area contributed by atoms with E-state index in [1.165, 1.54) is 0 Å². The van der Waals surface area contributed by atoms with Crippen LogP contribution in [0.5, 0.6) is 5.75 Å². The van der Waals surface area contributed by atoms with Crippen LogP contribution in [0.1, 0.15) is 26.3 Å².